The number of rotatable bonds is 3. The number of aliphatic hydroxyl groups is 1. The van der Waals surface area contributed by atoms with Crippen molar-refractivity contribution < 1.29 is 5.11 Å². The van der Waals surface area contributed by atoms with Gasteiger partial charge in [0.15, 0.2) is 0 Å². The lowest BCUT2D eigenvalue weighted by Crippen LogP contribution is -2.39. The van der Waals surface area contributed by atoms with E-state index in [1.807, 2.05) is 6.92 Å². The zero-order valence-corrected chi connectivity index (χ0v) is 8.95. The van der Waals surface area contributed by atoms with Crippen molar-refractivity contribution in [2.75, 3.05) is 19.7 Å². The molecule has 1 saturated heterocycles. The molecule has 0 amide bonds. The van der Waals surface area contributed by atoms with E-state index in [9.17, 15) is 5.11 Å². The number of likely N-dealkylation sites (tertiary alicyclic amines) is 1. The highest BCUT2D eigenvalue weighted by molar-refractivity contribution is 4.84. The van der Waals surface area contributed by atoms with Crippen LogP contribution in [-0.2, 0) is 0 Å². The Morgan fingerprint density at radius 2 is 2.29 bits per heavy atom. The predicted molar refractivity (Wildman–Crippen MR) is 55.7 cm³/mol. The average Bonchev–Trinajstić information content (AvgIpc) is 2.42. The maximum absolute atomic E-state index is 9.25. The van der Waals surface area contributed by atoms with Gasteiger partial charge in [0, 0.05) is 12.6 Å². The molecule has 1 aliphatic rings. The quantitative estimate of drug-likeness (QED) is 0.742. The van der Waals surface area contributed by atoms with E-state index in [1.54, 1.807) is 0 Å². The third-order valence-corrected chi connectivity index (χ3v) is 2.94. The Morgan fingerprint density at radius 1 is 1.50 bits per heavy atom. The standard InChI is InChI=1S/C11H20N2O/c1-10(7-12)8-13-6-4-2-3-5-11(13)9-14/h10-11,14H,2-6,8-9H2,1H3. The fraction of sp³-hybridized carbons (Fsp3) is 0.909. The van der Waals surface area contributed by atoms with Gasteiger partial charge in [0.05, 0.1) is 18.6 Å². The van der Waals surface area contributed by atoms with Crippen LogP contribution in [-0.4, -0.2) is 35.7 Å². The van der Waals surface area contributed by atoms with Crippen LogP contribution in [0, 0.1) is 17.2 Å². The van der Waals surface area contributed by atoms with Gasteiger partial charge in [-0.3, -0.25) is 4.90 Å². The first-order chi connectivity index (χ1) is 6.77. The van der Waals surface area contributed by atoms with Gasteiger partial charge in [-0.25, -0.2) is 0 Å². The first-order valence-corrected chi connectivity index (χ1v) is 5.52. The van der Waals surface area contributed by atoms with Gasteiger partial charge in [0.1, 0.15) is 0 Å². The minimum atomic E-state index is 0.0714. The molecular formula is C11H20N2O. The highest BCUT2D eigenvalue weighted by Crippen LogP contribution is 2.17. The number of hydrogen-bond acceptors (Lipinski definition) is 3. The molecule has 14 heavy (non-hydrogen) atoms. The normalized spacial score (nSPS) is 26.5. The summed E-state index contributed by atoms with van der Waals surface area (Å²) in [6.45, 7) is 4.02. The van der Waals surface area contributed by atoms with Crippen LogP contribution in [0.5, 0.6) is 0 Å². The van der Waals surface area contributed by atoms with E-state index in [-0.39, 0.29) is 18.6 Å². The van der Waals surface area contributed by atoms with Crippen LogP contribution in [0.25, 0.3) is 0 Å². The van der Waals surface area contributed by atoms with E-state index in [0.717, 1.165) is 19.5 Å². The molecule has 80 valence electrons. The Morgan fingerprint density at radius 3 is 2.93 bits per heavy atom. The van der Waals surface area contributed by atoms with E-state index < -0.39 is 0 Å². The summed E-state index contributed by atoms with van der Waals surface area (Å²) >= 11 is 0. The lowest BCUT2D eigenvalue weighted by Gasteiger charge is -2.29. The molecular weight excluding hydrogens is 176 g/mol. The van der Waals surface area contributed by atoms with Crippen molar-refractivity contribution in [1.29, 1.82) is 5.26 Å². The minimum absolute atomic E-state index is 0.0714. The second-order valence-corrected chi connectivity index (χ2v) is 4.21. The van der Waals surface area contributed by atoms with E-state index in [4.69, 9.17) is 5.26 Å². The molecule has 0 aromatic rings. The molecule has 1 aliphatic heterocycles. The molecule has 0 bridgehead atoms. The van der Waals surface area contributed by atoms with Gasteiger partial charge in [-0.15, -0.1) is 0 Å². The molecule has 3 nitrogen and oxygen atoms in total. The van der Waals surface area contributed by atoms with E-state index in [0.29, 0.717) is 0 Å². The van der Waals surface area contributed by atoms with Crippen molar-refractivity contribution in [3.8, 4) is 6.07 Å². The Hall–Kier alpha value is -0.590. The first-order valence-electron chi connectivity index (χ1n) is 5.52. The SMILES string of the molecule is CC(C#N)CN1CCCCCC1CO. The predicted octanol–water partition coefficient (Wildman–Crippen LogP) is 1.38. The monoisotopic (exact) mass is 196 g/mol. The third-order valence-electron chi connectivity index (χ3n) is 2.94. The second-order valence-electron chi connectivity index (χ2n) is 4.21. The van der Waals surface area contributed by atoms with Crippen molar-refractivity contribution in [1.82, 2.24) is 4.90 Å². The molecule has 0 aromatic carbocycles. The van der Waals surface area contributed by atoms with Crippen LogP contribution in [0.15, 0.2) is 0 Å². The number of nitrogens with zero attached hydrogens (tertiary/aromatic N) is 2. The van der Waals surface area contributed by atoms with Gasteiger partial charge < -0.3 is 5.11 Å². The zero-order valence-electron chi connectivity index (χ0n) is 8.95. The zero-order chi connectivity index (χ0) is 10.4. The van der Waals surface area contributed by atoms with Gasteiger partial charge in [-0.1, -0.05) is 12.8 Å². The number of hydrogen-bond donors (Lipinski definition) is 1. The molecule has 0 aliphatic carbocycles. The fourth-order valence-corrected chi connectivity index (χ4v) is 2.08. The summed E-state index contributed by atoms with van der Waals surface area (Å²) < 4.78 is 0. The van der Waals surface area contributed by atoms with Gasteiger partial charge in [0.25, 0.3) is 0 Å². The highest BCUT2D eigenvalue weighted by atomic mass is 16.3. The summed E-state index contributed by atoms with van der Waals surface area (Å²) in [5.41, 5.74) is 0. The van der Waals surface area contributed by atoms with Gasteiger partial charge in [-0.2, -0.15) is 5.26 Å². The summed E-state index contributed by atoms with van der Waals surface area (Å²) in [7, 11) is 0. The Balaban J connectivity index is 2.48. The lowest BCUT2D eigenvalue weighted by molar-refractivity contribution is 0.117. The fourth-order valence-electron chi connectivity index (χ4n) is 2.08. The van der Waals surface area contributed by atoms with Crippen LogP contribution < -0.4 is 0 Å². The lowest BCUT2D eigenvalue weighted by atomic mass is 10.1. The van der Waals surface area contributed by atoms with E-state index in [2.05, 4.69) is 11.0 Å². The Bertz CT molecular complexity index is 200. The molecule has 0 spiro atoms. The summed E-state index contributed by atoms with van der Waals surface area (Å²) in [6, 6.07) is 2.54. The maximum atomic E-state index is 9.25. The van der Waals surface area contributed by atoms with Crippen molar-refractivity contribution in [3.63, 3.8) is 0 Å². The van der Waals surface area contributed by atoms with Crippen LogP contribution in [0.1, 0.15) is 32.6 Å². The summed E-state index contributed by atoms with van der Waals surface area (Å²) in [5, 5.41) is 18.0. The molecule has 1 heterocycles. The first kappa shape index (κ1) is 11.5. The third kappa shape index (κ3) is 3.28. The van der Waals surface area contributed by atoms with Crippen LogP contribution in [0.3, 0.4) is 0 Å². The minimum Gasteiger partial charge on any atom is -0.395 e. The topological polar surface area (TPSA) is 47.3 Å². The van der Waals surface area contributed by atoms with Gasteiger partial charge in [0.2, 0.25) is 0 Å². The molecule has 1 N–H and O–H groups in total. The van der Waals surface area contributed by atoms with Crippen LogP contribution in [0.2, 0.25) is 0 Å². The Kier molecular flexibility index (Phi) is 4.92. The largest absolute Gasteiger partial charge is 0.395 e. The second kappa shape index (κ2) is 6.00. The highest BCUT2D eigenvalue weighted by Gasteiger charge is 2.21. The molecule has 2 atom stereocenters. The van der Waals surface area contributed by atoms with Crippen LogP contribution in [0.4, 0.5) is 0 Å². The summed E-state index contributed by atoms with van der Waals surface area (Å²) in [4.78, 5) is 2.28. The smallest absolute Gasteiger partial charge is 0.0666 e. The van der Waals surface area contributed by atoms with Crippen molar-refractivity contribution in [2.24, 2.45) is 5.92 Å². The van der Waals surface area contributed by atoms with Crippen molar-refractivity contribution >= 4 is 0 Å². The van der Waals surface area contributed by atoms with Crippen molar-refractivity contribution in [2.45, 2.75) is 38.6 Å². The summed E-state index contributed by atoms with van der Waals surface area (Å²) in [6.07, 6.45) is 4.75. The van der Waals surface area contributed by atoms with E-state index in [1.165, 1.54) is 19.3 Å². The van der Waals surface area contributed by atoms with Gasteiger partial charge >= 0.3 is 0 Å². The number of aliphatic hydroxyl groups excluding tert-OH is 1. The Labute approximate surface area is 86.3 Å². The summed E-state index contributed by atoms with van der Waals surface area (Å²) in [5.74, 6) is 0.0714. The van der Waals surface area contributed by atoms with E-state index >= 15 is 0 Å². The molecule has 2 unspecified atom stereocenters. The maximum Gasteiger partial charge on any atom is 0.0666 e. The van der Waals surface area contributed by atoms with Crippen LogP contribution >= 0.6 is 0 Å². The molecule has 3 heteroatoms. The number of nitriles is 1. The molecule has 0 saturated carbocycles. The van der Waals surface area contributed by atoms with Gasteiger partial charge in [-0.05, 0) is 26.3 Å². The molecule has 1 rings (SSSR count). The molecule has 1 fully saturated rings. The molecule has 0 aromatic heterocycles. The molecule has 0 radical (unpaired) electrons. The van der Waals surface area contributed by atoms with Crippen molar-refractivity contribution in [3.05, 3.63) is 0 Å². The average molecular weight is 196 g/mol.